The molecule has 0 aliphatic carbocycles. The third kappa shape index (κ3) is 2.21. The van der Waals surface area contributed by atoms with Crippen molar-refractivity contribution in [3.05, 3.63) is 29.6 Å². The van der Waals surface area contributed by atoms with E-state index < -0.39 is 5.54 Å². The van der Waals surface area contributed by atoms with Crippen molar-refractivity contribution >= 4 is 5.69 Å². The normalized spacial score (nSPS) is 15.1. The molecular formula is C10H15FN2O. The number of aliphatic hydroxyl groups is 1. The number of halogens is 1. The molecule has 0 aromatic heterocycles. The van der Waals surface area contributed by atoms with E-state index in [9.17, 15) is 4.39 Å². The Labute approximate surface area is 82.5 Å². The summed E-state index contributed by atoms with van der Waals surface area (Å²) in [4.78, 5) is 0. The Hall–Kier alpha value is -1.13. The lowest BCUT2D eigenvalue weighted by atomic mass is 9.89. The first-order valence-electron chi connectivity index (χ1n) is 4.42. The Balaban J connectivity index is 3.10. The molecule has 3 nitrogen and oxygen atoms in total. The molecule has 0 aliphatic rings. The molecule has 5 N–H and O–H groups in total. The van der Waals surface area contributed by atoms with Gasteiger partial charge in [-0.3, -0.25) is 0 Å². The second kappa shape index (κ2) is 3.94. The van der Waals surface area contributed by atoms with Crippen LogP contribution in [0.3, 0.4) is 0 Å². The zero-order valence-electron chi connectivity index (χ0n) is 8.13. The van der Waals surface area contributed by atoms with E-state index in [0.29, 0.717) is 17.7 Å². The van der Waals surface area contributed by atoms with Crippen LogP contribution in [0.1, 0.15) is 18.9 Å². The number of rotatable bonds is 3. The molecule has 0 fully saturated rings. The highest BCUT2D eigenvalue weighted by Gasteiger charge is 2.23. The van der Waals surface area contributed by atoms with E-state index in [2.05, 4.69) is 0 Å². The Morgan fingerprint density at radius 2 is 2.14 bits per heavy atom. The fourth-order valence-corrected chi connectivity index (χ4v) is 1.39. The first kappa shape index (κ1) is 10.9. The summed E-state index contributed by atoms with van der Waals surface area (Å²) in [6.07, 6.45) is 0.348. The SMILES string of the molecule is CC(N)(CCO)c1cc(F)ccc1N. The van der Waals surface area contributed by atoms with Gasteiger partial charge in [0.25, 0.3) is 0 Å². The minimum absolute atomic E-state index is 0.0526. The Morgan fingerprint density at radius 1 is 1.50 bits per heavy atom. The van der Waals surface area contributed by atoms with E-state index in [1.807, 2.05) is 0 Å². The molecule has 0 bridgehead atoms. The van der Waals surface area contributed by atoms with Gasteiger partial charge in [0.05, 0.1) is 0 Å². The van der Waals surface area contributed by atoms with Crippen LogP contribution in [0.5, 0.6) is 0 Å². The summed E-state index contributed by atoms with van der Waals surface area (Å²) in [5, 5.41) is 8.81. The molecule has 0 saturated carbocycles. The van der Waals surface area contributed by atoms with Gasteiger partial charge >= 0.3 is 0 Å². The number of aliphatic hydroxyl groups excluding tert-OH is 1. The van der Waals surface area contributed by atoms with Gasteiger partial charge in [-0.25, -0.2) is 4.39 Å². The van der Waals surface area contributed by atoms with E-state index in [1.54, 1.807) is 6.92 Å². The molecule has 14 heavy (non-hydrogen) atoms. The van der Waals surface area contributed by atoms with Crippen LogP contribution in [0.2, 0.25) is 0 Å². The van der Waals surface area contributed by atoms with Gasteiger partial charge in [-0.05, 0) is 37.1 Å². The molecule has 4 heteroatoms. The fourth-order valence-electron chi connectivity index (χ4n) is 1.39. The van der Waals surface area contributed by atoms with Crippen LogP contribution in [0.4, 0.5) is 10.1 Å². The fraction of sp³-hybridized carbons (Fsp3) is 0.400. The number of nitrogens with two attached hydrogens (primary N) is 2. The lowest BCUT2D eigenvalue weighted by Crippen LogP contribution is -2.35. The Kier molecular flexibility index (Phi) is 3.08. The van der Waals surface area contributed by atoms with Crippen molar-refractivity contribution in [3.63, 3.8) is 0 Å². The van der Waals surface area contributed by atoms with Gasteiger partial charge in [0.15, 0.2) is 0 Å². The number of hydrogen-bond acceptors (Lipinski definition) is 3. The highest BCUT2D eigenvalue weighted by Crippen LogP contribution is 2.27. The van der Waals surface area contributed by atoms with Gasteiger partial charge in [0.2, 0.25) is 0 Å². The van der Waals surface area contributed by atoms with Crippen LogP contribution in [0.25, 0.3) is 0 Å². The summed E-state index contributed by atoms with van der Waals surface area (Å²) in [6.45, 7) is 1.66. The lowest BCUT2D eigenvalue weighted by Gasteiger charge is -2.25. The Bertz CT molecular complexity index is 326. The molecule has 0 spiro atoms. The molecule has 1 unspecified atom stereocenters. The van der Waals surface area contributed by atoms with E-state index in [4.69, 9.17) is 16.6 Å². The first-order chi connectivity index (χ1) is 6.47. The summed E-state index contributed by atoms with van der Waals surface area (Å²) in [7, 11) is 0. The topological polar surface area (TPSA) is 72.3 Å². The largest absolute Gasteiger partial charge is 0.398 e. The van der Waals surface area contributed by atoms with Crippen LogP contribution < -0.4 is 11.5 Å². The van der Waals surface area contributed by atoms with Gasteiger partial charge in [-0.15, -0.1) is 0 Å². The standard InChI is InChI=1S/C10H15FN2O/c1-10(13,4-5-14)8-6-7(11)2-3-9(8)12/h2-3,6,14H,4-5,12-13H2,1H3. The summed E-state index contributed by atoms with van der Waals surface area (Å²) >= 11 is 0. The van der Waals surface area contributed by atoms with Crippen LogP contribution in [0.15, 0.2) is 18.2 Å². The maximum atomic E-state index is 12.9. The van der Waals surface area contributed by atoms with Crippen molar-refractivity contribution in [2.45, 2.75) is 18.9 Å². The van der Waals surface area contributed by atoms with Crippen molar-refractivity contribution in [3.8, 4) is 0 Å². The average Bonchev–Trinajstić information content (AvgIpc) is 2.09. The van der Waals surface area contributed by atoms with Gasteiger partial charge < -0.3 is 16.6 Å². The van der Waals surface area contributed by atoms with Gasteiger partial charge in [-0.2, -0.15) is 0 Å². The van der Waals surface area contributed by atoms with Crippen molar-refractivity contribution in [1.29, 1.82) is 0 Å². The average molecular weight is 198 g/mol. The highest BCUT2D eigenvalue weighted by molar-refractivity contribution is 5.50. The smallest absolute Gasteiger partial charge is 0.123 e. The molecule has 1 rings (SSSR count). The van der Waals surface area contributed by atoms with E-state index in [1.165, 1.54) is 18.2 Å². The zero-order valence-corrected chi connectivity index (χ0v) is 8.13. The van der Waals surface area contributed by atoms with E-state index >= 15 is 0 Å². The monoisotopic (exact) mass is 198 g/mol. The predicted molar refractivity (Wildman–Crippen MR) is 54.1 cm³/mol. The Morgan fingerprint density at radius 3 is 2.71 bits per heavy atom. The molecule has 1 aromatic rings. The van der Waals surface area contributed by atoms with Crippen molar-refractivity contribution in [1.82, 2.24) is 0 Å². The van der Waals surface area contributed by atoms with Crippen LogP contribution in [0, 0.1) is 5.82 Å². The highest BCUT2D eigenvalue weighted by atomic mass is 19.1. The molecule has 78 valence electrons. The van der Waals surface area contributed by atoms with Crippen LogP contribution >= 0.6 is 0 Å². The van der Waals surface area contributed by atoms with Crippen LogP contribution in [-0.2, 0) is 5.54 Å². The molecular weight excluding hydrogens is 183 g/mol. The molecule has 0 aliphatic heterocycles. The summed E-state index contributed by atoms with van der Waals surface area (Å²) in [5.41, 5.74) is 11.8. The van der Waals surface area contributed by atoms with Crippen LogP contribution in [-0.4, -0.2) is 11.7 Å². The van der Waals surface area contributed by atoms with Gasteiger partial charge in [0.1, 0.15) is 5.82 Å². The quantitative estimate of drug-likeness (QED) is 0.633. The maximum Gasteiger partial charge on any atom is 0.123 e. The number of hydrogen-bond donors (Lipinski definition) is 3. The number of anilines is 1. The molecule has 0 amide bonds. The molecule has 1 atom stereocenters. The van der Waals surface area contributed by atoms with Crippen molar-refractivity contribution in [2.75, 3.05) is 12.3 Å². The minimum atomic E-state index is -0.791. The van der Waals surface area contributed by atoms with E-state index in [0.717, 1.165) is 0 Å². The number of benzene rings is 1. The minimum Gasteiger partial charge on any atom is -0.398 e. The van der Waals surface area contributed by atoms with Crippen molar-refractivity contribution in [2.24, 2.45) is 5.73 Å². The second-order valence-corrected chi connectivity index (χ2v) is 3.62. The summed E-state index contributed by atoms with van der Waals surface area (Å²) in [6, 6.07) is 4.08. The molecule has 0 radical (unpaired) electrons. The van der Waals surface area contributed by atoms with Gasteiger partial charge in [-0.1, -0.05) is 0 Å². The van der Waals surface area contributed by atoms with Crippen molar-refractivity contribution < 1.29 is 9.50 Å². The third-order valence-corrected chi connectivity index (χ3v) is 2.26. The maximum absolute atomic E-state index is 12.9. The molecule has 1 aromatic carbocycles. The third-order valence-electron chi connectivity index (χ3n) is 2.26. The summed E-state index contributed by atoms with van der Waals surface area (Å²) in [5.74, 6) is -0.371. The predicted octanol–water partition coefficient (Wildman–Crippen LogP) is 0.964. The lowest BCUT2D eigenvalue weighted by molar-refractivity contribution is 0.247. The molecule has 0 heterocycles. The number of nitrogen functional groups attached to an aromatic ring is 1. The van der Waals surface area contributed by atoms with E-state index in [-0.39, 0.29) is 12.4 Å². The summed E-state index contributed by atoms with van der Waals surface area (Å²) < 4.78 is 12.9. The molecule has 0 saturated heterocycles. The second-order valence-electron chi connectivity index (χ2n) is 3.62. The first-order valence-corrected chi connectivity index (χ1v) is 4.42. The van der Waals surface area contributed by atoms with Gasteiger partial charge in [0, 0.05) is 17.8 Å². The zero-order chi connectivity index (χ0) is 10.8.